The zero-order valence-electron chi connectivity index (χ0n) is 10.8. The Labute approximate surface area is 110 Å². The highest BCUT2D eigenvalue weighted by Crippen LogP contribution is 2.11. The molecule has 0 aromatic carbocycles. The molecule has 0 bridgehead atoms. The first-order valence-corrected chi connectivity index (χ1v) is 8.39. The Bertz CT molecular complexity index is 375. The van der Waals surface area contributed by atoms with Crippen molar-refractivity contribution < 1.29 is 8.42 Å². The van der Waals surface area contributed by atoms with Crippen LogP contribution in [0.4, 0.5) is 0 Å². The summed E-state index contributed by atoms with van der Waals surface area (Å²) < 4.78 is 26.7. The second-order valence-corrected chi connectivity index (χ2v) is 6.88. The smallest absolute Gasteiger partial charge is 0.213 e. The third kappa shape index (κ3) is 4.68. The molecule has 2 aliphatic rings. The van der Waals surface area contributed by atoms with Crippen molar-refractivity contribution in [2.24, 2.45) is 0 Å². The minimum atomic E-state index is -3.13. The van der Waals surface area contributed by atoms with Crippen LogP contribution in [0.1, 0.15) is 19.3 Å². The highest BCUT2D eigenvalue weighted by Gasteiger charge is 2.19. The van der Waals surface area contributed by atoms with Gasteiger partial charge in [0.05, 0.1) is 5.75 Å². The molecule has 2 rings (SSSR count). The van der Waals surface area contributed by atoms with E-state index >= 15 is 0 Å². The molecule has 2 N–H and O–H groups in total. The van der Waals surface area contributed by atoms with Gasteiger partial charge in [-0.25, -0.2) is 13.1 Å². The Kier molecular flexibility index (Phi) is 5.17. The molecule has 0 radical (unpaired) electrons. The zero-order chi connectivity index (χ0) is 12.8. The van der Waals surface area contributed by atoms with Gasteiger partial charge in [0, 0.05) is 38.8 Å². The number of piperazine rings is 1. The largest absolute Gasteiger partial charge is 0.314 e. The van der Waals surface area contributed by atoms with Crippen molar-refractivity contribution in [3.8, 4) is 0 Å². The molecule has 0 aromatic heterocycles. The fourth-order valence-electron chi connectivity index (χ4n) is 2.40. The SMILES string of the molecule is O=S(=O)(CCN1CCNCC1)NC1CC=CCC1. The summed E-state index contributed by atoms with van der Waals surface area (Å²) >= 11 is 0. The van der Waals surface area contributed by atoms with Gasteiger partial charge in [-0.15, -0.1) is 0 Å². The van der Waals surface area contributed by atoms with Crippen LogP contribution in [0.15, 0.2) is 12.2 Å². The molecule has 1 heterocycles. The van der Waals surface area contributed by atoms with Gasteiger partial charge in [-0.3, -0.25) is 4.90 Å². The molecule has 0 spiro atoms. The molecule has 5 nitrogen and oxygen atoms in total. The van der Waals surface area contributed by atoms with Crippen molar-refractivity contribution in [3.05, 3.63) is 12.2 Å². The lowest BCUT2D eigenvalue weighted by molar-refractivity contribution is 0.253. The summed E-state index contributed by atoms with van der Waals surface area (Å²) in [5, 5.41) is 3.26. The van der Waals surface area contributed by atoms with E-state index in [4.69, 9.17) is 0 Å². The number of hydrogen-bond donors (Lipinski definition) is 2. The first-order chi connectivity index (χ1) is 8.66. The summed E-state index contributed by atoms with van der Waals surface area (Å²) in [5.74, 6) is 0.215. The Hall–Kier alpha value is -0.430. The molecular formula is C12H23N3O2S. The van der Waals surface area contributed by atoms with E-state index in [1.54, 1.807) is 0 Å². The Morgan fingerprint density at radius 3 is 2.72 bits per heavy atom. The van der Waals surface area contributed by atoms with Gasteiger partial charge in [0.15, 0.2) is 0 Å². The molecule has 0 saturated carbocycles. The van der Waals surface area contributed by atoms with Gasteiger partial charge in [-0.05, 0) is 19.3 Å². The Balaban J connectivity index is 1.74. The minimum Gasteiger partial charge on any atom is -0.314 e. The normalized spacial score (nSPS) is 26.3. The van der Waals surface area contributed by atoms with E-state index in [-0.39, 0.29) is 11.8 Å². The van der Waals surface area contributed by atoms with Crippen molar-refractivity contribution >= 4 is 10.0 Å². The van der Waals surface area contributed by atoms with E-state index < -0.39 is 10.0 Å². The van der Waals surface area contributed by atoms with Crippen molar-refractivity contribution in [3.63, 3.8) is 0 Å². The summed E-state index contributed by atoms with van der Waals surface area (Å²) in [6, 6.07) is 0.100. The van der Waals surface area contributed by atoms with Crippen LogP contribution in [0.2, 0.25) is 0 Å². The summed E-state index contributed by atoms with van der Waals surface area (Å²) in [6.07, 6.45) is 6.90. The van der Waals surface area contributed by atoms with Crippen LogP contribution in [0.5, 0.6) is 0 Å². The van der Waals surface area contributed by atoms with E-state index in [1.165, 1.54) is 0 Å². The molecule has 1 unspecified atom stereocenters. The first kappa shape index (κ1) is 14.0. The fourth-order valence-corrected chi connectivity index (χ4v) is 3.74. The molecular weight excluding hydrogens is 250 g/mol. The molecule has 1 aliphatic carbocycles. The molecule has 1 fully saturated rings. The third-order valence-corrected chi connectivity index (χ3v) is 4.91. The number of hydrogen-bond acceptors (Lipinski definition) is 4. The van der Waals surface area contributed by atoms with Gasteiger partial charge < -0.3 is 5.32 Å². The monoisotopic (exact) mass is 273 g/mol. The van der Waals surface area contributed by atoms with Crippen LogP contribution in [-0.2, 0) is 10.0 Å². The van der Waals surface area contributed by atoms with Crippen molar-refractivity contribution in [2.45, 2.75) is 25.3 Å². The second-order valence-electron chi connectivity index (χ2n) is 5.01. The van der Waals surface area contributed by atoms with Crippen LogP contribution in [0, 0.1) is 0 Å². The van der Waals surface area contributed by atoms with Crippen LogP contribution in [0.25, 0.3) is 0 Å². The molecule has 1 saturated heterocycles. The highest BCUT2D eigenvalue weighted by atomic mass is 32.2. The minimum absolute atomic E-state index is 0.100. The Morgan fingerprint density at radius 1 is 1.28 bits per heavy atom. The molecule has 104 valence electrons. The van der Waals surface area contributed by atoms with E-state index in [0.29, 0.717) is 6.54 Å². The summed E-state index contributed by atoms with van der Waals surface area (Å²) in [5.41, 5.74) is 0. The van der Waals surface area contributed by atoms with Gasteiger partial charge in [0.25, 0.3) is 0 Å². The molecule has 0 amide bonds. The molecule has 1 atom stereocenters. The molecule has 6 heteroatoms. The predicted octanol–water partition coefficient (Wildman–Crippen LogP) is -0.0803. The summed E-state index contributed by atoms with van der Waals surface area (Å²) in [6.45, 7) is 4.45. The van der Waals surface area contributed by atoms with Crippen LogP contribution in [0.3, 0.4) is 0 Å². The van der Waals surface area contributed by atoms with Gasteiger partial charge >= 0.3 is 0 Å². The maximum absolute atomic E-state index is 12.0. The maximum atomic E-state index is 12.0. The highest BCUT2D eigenvalue weighted by molar-refractivity contribution is 7.89. The second kappa shape index (κ2) is 6.65. The van der Waals surface area contributed by atoms with Gasteiger partial charge in [0.2, 0.25) is 10.0 Å². The number of nitrogens with zero attached hydrogens (tertiary/aromatic N) is 1. The van der Waals surface area contributed by atoms with E-state index in [1.807, 2.05) is 0 Å². The molecule has 0 aromatic rings. The van der Waals surface area contributed by atoms with Gasteiger partial charge in [-0.2, -0.15) is 0 Å². The lowest BCUT2D eigenvalue weighted by Crippen LogP contribution is -2.46. The van der Waals surface area contributed by atoms with Crippen LogP contribution < -0.4 is 10.0 Å². The number of allylic oxidation sites excluding steroid dienone is 1. The lowest BCUT2D eigenvalue weighted by atomic mass is 10.0. The van der Waals surface area contributed by atoms with E-state index in [9.17, 15) is 8.42 Å². The maximum Gasteiger partial charge on any atom is 0.213 e. The summed E-state index contributed by atoms with van der Waals surface area (Å²) in [7, 11) is -3.13. The fraction of sp³-hybridized carbons (Fsp3) is 0.833. The average molecular weight is 273 g/mol. The van der Waals surface area contributed by atoms with Crippen molar-refractivity contribution in [2.75, 3.05) is 38.5 Å². The van der Waals surface area contributed by atoms with Crippen LogP contribution in [-0.4, -0.2) is 57.8 Å². The lowest BCUT2D eigenvalue weighted by Gasteiger charge is -2.27. The predicted molar refractivity (Wildman–Crippen MR) is 73.0 cm³/mol. The molecule has 18 heavy (non-hydrogen) atoms. The third-order valence-electron chi connectivity index (χ3n) is 3.50. The van der Waals surface area contributed by atoms with Gasteiger partial charge in [-0.1, -0.05) is 12.2 Å². The average Bonchev–Trinajstić information content (AvgIpc) is 2.38. The van der Waals surface area contributed by atoms with Crippen molar-refractivity contribution in [1.82, 2.24) is 14.9 Å². The number of rotatable bonds is 5. The Morgan fingerprint density at radius 2 is 2.06 bits per heavy atom. The number of nitrogens with one attached hydrogen (secondary N) is 2. The van der Waals surface area contributed by atoms with E-state index in [0.717, 1.165) is 45.4 Å². The van der Waals surface area contributed by atoms with E-state index in [2.05, 4.69) is 27.1 Å². The zero-order valence-corrected chi connectivity index (χ0v) is 11.6. The van der Waals surface area contributed by atoms with Crippen LogP contribution >= 0.6 is 0 Å². The van der Waals surface area contributed by atoms with Crippen molar-refractivity contribution in [1.29, 1.82) is 0 Å². The first-order valence-electron chi connectivity index (χ1n) is 6.74. The standard InChI is InChI=1S/C12H23N3O2S/c16-18(17,14-12-4-2-1-3-5-12)11-10-15-8-6-13-7-9-15/h1-2,12-14H,3-11H2. The quantitative estimate of drug-likeness (QED) is 0.688. The van der Waals surface area contributed by atoms with Gasteiger partial charge in [0.1, 0.15) is 0 Å². The topological polar surface area (TPSA) is 61.4 Å². The number of sulfonamides is 1. The molecule has 1 aliphatic heterocycles. The summed E-state index contributed by atoms with van der Waals surface area (Å²) in [4.78, 5) is 2.20.